The zero-order valence-electron chi connectivity index (χ0n) is 21.8. The molecule has 2 fully saturated rings. The van der Waals surface area contributed by atoms with E-state index in [4.69, 9.17) is 0 Å². The average Bonchev–Trinajstić information content (AvgIpc) is 3.73. The molecular weight excluding hydrogens is 487 g/mol. The number of amides is 3. The number of aryl methyl sites for hydroxylation is 2. The van der Waals surface area contributed by atoms with Crippen LogP contribution in [0, 0.1) is 19.7 Å². The zero-order chi connectivity index (χ0) is 26.6. The fourth-order valence-electron chi connectivity index (χ4n) is 5.33. The third-order valence-corrected chi connectivity index (χ3v) is 7.61. The number of benzene rings is 1. The van der Waals surface area contributed by atoms with Crippen LogP contribution in [0.5, 0.6) is 0 Å². The molecule has 38 heavy (non-hydrogen) atoms. The zero-order valence-corrected chi connectivity index (χ0v) is 21.8. The first kappa shape index (κ1) is 24.5. The van der Waals surface area contributed by atoms with Gasteiger partial charge in [-0.25, -0.2) is 14.2 Å². The first-order valence-electron chi connectivity index (χ1n) is 13.2. The smallest absolute Gasteiger partial charge is 0.327 e. The van der Waals surface area contributed by atoms with Gasteiger partial charge >= 0.3 is 6.03 Å². The number of hydrogen-bond acceptors (Lipinski definition) is 7. The Kier molecular flexibility index (Phi) is 6.10. The summed E-state index contributed by atoms with van der Waals surface area (Å²) in [6.07, 6.45) is 2.08. The third kappa shape index (κ3) is 4.30. The van der Waals surface area contributed by atoms with Crippen LogP contribution in [0.25, 0.3) is 10.8 Å². The average molecular weight is 519 g/mol. The summed E-state index contributed by atoms with van der Waals surface area (Å²) in [5, 5.41) is 15.6. The van der Waals surface area contributed by atoms with Gasteiger partial charge in [0.1, 0.15) is 5.69 Å². The number of carbonyl (C=O) groups is 2. The van der Waals surface area contributed by atoms with Crippen LogP contribution < -0.4 is 20.4 Å². The minimum atomic E-state index is -0.419. The molecule has 3 aromatic rings. The summed E-state index contributed by atoms with van der Waals surface area (Å²) in [5.41, 5.74) is 3.69. The van der Waals surface area contributed by atoms with Crippen LogP contribution in [-0.4, -0.2) is 70.8 Å². The molecule has 2 aliphatic heterocycles. The van der Waals surface area contributed by atoms with Crippen LogP contribution in [0.3, 0.4) is 0 Å². The Labute approximate surface area is 220 Å². The number of anilines is 3. The van der Waals surface area contributed by atoms with E-state index < -0.39 is 11.8 Å². The summed E-state index contributed by atoms with van der Waals surface area (Å²) in [5.74, 6) is -0.140. The Bertz CT molecular complexity index is 1450. The van der Waals surface area contributed by atoms with Crippen molar-refractivity contribution in [2.75, 3.05) is 47.8 Å². The van der Waals surface area contributed by atoms with Crippen molar-refractivity contribution in [2.45, 2.75) is 46.2 Å². The summed E-state index contributed by atoms with van der Waals surface area (Å²) < 4.78 is 15.7. The molecule has 6 rings (SSSR count). The topological polar surface area (TPSA) is 107 Å². The lowest BCUT2D eigenvalue weighted by Crippen LogP contribution is -2.46. The molecule has 0 unspecified atom stereocenters. The van der Waals surface area contributed by atoms with Crippen LogP contribution in [0.1, 0.15) is 47.2 Å². The highest BCUT2D eigenvalue weighted by atomic mass is 19.1. The Morgan fingerprint density at radius 3 is 2.58 bits per heavy atom. The molecule has 1 saturated carbocycles. The number of piperazine rings is 1. The fraction of sp³-hybridized carbons (Fsp3) is 0.444. The van der Waals surface area contributed by atoms with Crippen molar-refractivity contribution < 1.29 is 14.0 Å². The molecule has 0 spiro atoms. The molecule has 2 N–H and O–H groups in total. The SMILES string of the molecule is CCN1C(=O)Nc2c(F)c(CN3CCN(c4ccc(C(=O)NC5CC5)nc4C)CC3)cc3c(C)nnc1c23. The van der Waals surface area contributed by atoms with Crippen molar-refractivity contribution in [3.05, 3.63) is 46.7 Å². The van der Waals surface area contributed by atoms with Crippen molar-refractivity contribution in [1.82, 2.24) is 25.4 Å². The van der Waals surface area contributed by atoms with Gasteiger partial charge in [-0.1, -0.05) is 0 Å². The molecule has 2 aromatic heterocycles. The lowest BCUT2D eigenvalue weighted by atomic mass is 10.0. The first-order chi connectivity index (χ1) is 18.3. The van der Waals surface area contributed by atoms with Crippen LogP contribution >= 0.6 is 0 Å². The van der Waals surface area contributed by atoms with E-state index in [9.17, 15) is 9.59 Å². The Morgan fingerprint density at radius 1 is 1.13 bits per heavy atom. The highest BCUT2D eigenvalue weighted by molar-refractivity contribution is 6.18. The van der Waals surface area contributed by atoms with E-state index in [1.54, 1.807) is 6.07 Å². The van der Waals surface area contributed by atoms with E-state index in [2.05, 4.69) is 35.6 Å². The van der Waals surface area contributed by atoms with Crippen molar-refractivity contribution in [1.29, 1.82) is 0 Å². The molecule has 1 aliphatic carbocycles. The predicted molar refractivity (Wildman–Crippen MR) is 143 cm³/mol. The maximum absolute atomic E-state index is 15.7. The van der Waals surface area contributed by atoms with Gasteiger partial charge < -0.3 is 15.5 Å². The lowest BCUT2D eigenvalue weighted by Gasteiger charge is -2.37. The molecule has 1 saturated heterocycles. The number of nitrogens with zero attached hydrogens (tertiary/aromatic N) is 6. The van der Waals surface area contributed by atoms with E-state index >= 15 is 4.39 Å². The van der Waals surface area contributed by atoms with Gasteiger partial charge in [-0.05, 0) is 51.8 Å². The fourth-order valence-corrected chi connectivity index (χ4v) is 5.33. The maximum Gasteiger partial charge on any atom is 0.327 e. The quantitative estimate of drug-likeness (QED) is 0.515. The molecule has 1 aromatic carbocycles. The molecule has 3 aliphatic rings. The van der Waals surface area contributed by atoms with Gasteiger partial charge in [-0.3, -0.25) is 14.6 Å². The Balaban J connectivity index is 1.18. The van der Waals surface area contributed by atoms with Crippen molar-refractivity contribution in [3.63, 3.8) is 0 Å². The highest BCUT2D eigenvalue weighted by Gasteiger charge is 2.31. The minimum Gasteiger partial charge on any atom is -0.368 e. The van der Waals surface area contributed by atoms with E-state index in [1.807, 2.05) is 32.9 Å². The minimum absolute atomic E-state index is 0.115. The Morgan fingerprint density at radius 2 is 1.89 bits per heavy atom. The standard InChI is InChI=1S/C27H31FN8O2/c1-4-36-25-22-19(15(2)32-33-25)13-17(23(28)24(22)31-27(36)38)14-34-9-11-35(12-10-34)21-8-7-20(29-16(21)3)26(37)30-18-5-6-18/h7-8,13,18H,4-6,9-12,14H2,1-3H3,(H,30,37)(H,31,38). The van der Waals surface area contributed by atoms with Crippen LogP contribution in [0.15, 0.2) is 18.2 Å². The second kappa shape index (κ2) is 9.46. The summed E-state index contributed by atoms with van der Waals surface area (Å²) >= 11 is 0. The molecular formula is C27H31FN8O2. The number of pyridine rings is 1. The van der Waals surface area contributed by atoms with Gasteiger partial charge in [0, 0.05) is 56.3 Å². The summed E-state index contributed by atoms with van der Waals surface area (Å²) in [7, 11) is 0. The van der Waals surface area contributed by atoms with E-state index in [1.165, 1.54) is 4.90 Å². The normalized spacial score (nSPS) is 17.6. The largest absolute Gasteiger partial charge is 0.368 e. The number of urea groups is 1. The summed E-state index contributed by atoms with van der Waals surface area (Å²) in [4.78, 5) is 35.4. The summed E-state index contributed by atoms with van der Waals surface area (Å²) in [6.45, 7) is 9.46. The number of aromatic nitrogens is 3. The van der Waals surface area contributed by atoms with Gasteiger partial charge in [0.25, 0.3) is 5.91 Å². The monoisotopic (exact) mass is 518 g/mol. The molecule has 0 radical (unpaired) electrons. The van der Waals surface area contributed by atoms with E-state index in [0.717, 1.165) is 55.8 Å². The van der Waals surface area contributed by atoms with E-state index in [-0.39, 0.29) is 11.6 Å². The van der Waals surface area contributed by atoms with Crippen LogP contribution in [0.2, 0.25) is 0 Å². The Hall–Kier alpha value is -3.86. The van der Waals surface area contributed by atoms with Crippen LogP contribution in [0.4, 0.5) is 26.4 Å². The molecule has 4 heterocycles. The van der Waals surface area contributed by atoms with Gasteiger partial charge in [0.15, 0.2) is 11.6 Å². The molecule has 10 nitrogen and oxygen atoms in total. The molecule has 198 valence electrons. The number of rotatable bonds is 6. The second-order valence-electron chi connectivity index (χ2n) is 10.2. The van der Waals surface area contributed by atoms with Crippen molar-refractivity contribution >= 4 is 39.9 Å². The van der Waals surface area contributed by atoms with Crippen LogP contribution in [-0.2, 0) is 6.54 Å². The molecule has 0 bridgehead atoms. The van der Waals surface area contributed by atoms with Gasteiger partial charge in [-0.2, -0.15) is 5.10 Å². The lowest BCUT2D eigenvalue weighted by molar-refractivity contribution is 0.0946. The van der Waals surface area contributed by atoms with Gasteiger partial charge in [-0.15, -0.1) is 5.10 Å². The number of nitrogens with one attached hydrogen (secondary N) is 2. The third-order valence-electron chi connectivity index (χ3n) is 7.61. The second-order valence-corrected chi connectivity index (χ2v) is 10.2. The number of carbonyl (C=O) groups excluding carboxylic acids is 2. The van der Waals surface area contributed by atoms with Gasteiger partial charge in [0.2, 0.25) is 0 Å². The molecule has 0 atom stereocenters. The highest BCUT2D eigenvalue weighted by Crippen LogP contribution is 2.39. The van der Waals surface area contributed by atoms with Crippen molar-refractivity contribution in [3.8, 4) is 0 Å². The van der Waals surface area contributed by atoms with E-state index in [0.29, 0.717) is 47.3 Å². The molecule has 3 amide bonds. The van der Waals surface area contributed by atoms with Gasteiger partial charge in [0.05, 0.1) is 28.1 Å². The summed E-state index contributed by atoms with van der Waals surface area (Å²) in [6, 6.07) is 5.50. The van der Waals surface area contributed by atoms with Crippen molar-refractivity contribution in [2.24, 2.45) is 0 Å². The predicted octanol–water partition coefficient (Wildman–Crippen LogP) is 3.37. The first-order valence-corrected chi connectivity index (χ1v) is 13.2. The number of halogens is 1. The number of hydrogen-bond donors (Lipinski definition) is 2. The molecule has 11 heteroatoms. The maximum atomic E-state index is 15.7.